The molecule has 0 rings (SSSR count). The second kappa shape index (κ2) is 56.4. The van der Waals surface area contributed by atoms with E-state index >= 15 is 0 Å². The maximum Gasteiger partial charge on any atom is 0.306 e. The van der Waals surface area contributed by atoms with Crippen LogP contribution in [0.25, 0.3) is 0 Å². The van der Waals surface area contributed by atoms with Gasteiger partial charge in [0, 0.05) is 19.3 Å². The van der Waals surface area contributed by atoms with Gasteiger partial charge in [-0.15, -0.1) is 0 Å². The van der Waals surface area contributed by atoms with Crippen molar-refractivity contribution in [1.29, 1.82) is 0 Å². The van der Waals surface area contributed by atoms with Crippen LogP contribution in [0.5, 0.6) is 0 Å². The van der Waals surface area contributed by atoms with Gasteiger partial charge in [-0.2, -0.15) is 0 Å². The molecule has 0 saturated heterocycles. The molecule has 0 aliphatic heterocycles. The Morgan fingerprint density at radius 1 is 0.309 bits per heavy atom. The summed E-state index contributed by atoms with van der Waals surface area (Å²) in [5.41, 5.74) is 0. The Morgan fingerprint density at radius 3 is 0.971 bits per heavy atom. The highest BCUT2D eigenvalue weighted by Crippen LogP contribution is 2.16. The van der Waals surface area contributed by atoms with Gasteiger partial charge < -0.3 is 14.2 Å². The fraction of sp³-hybridized carbons (Fsp3) is 0.758. The average Bonchev–Trinajstić information content (AvgIpc) is 3.34. The van der Waals surface area contributed by atoms with Crippen molar-refractivity contribution in [3.05, 3.63) is 72.9 Å². The molecule has 0 amide bonds. The molecule has 0 fully saturated rings. The van der Waals surface area contributed by atoms with Crippen molar-refractivity contribution in [2.45, 2.75) is 290 Å². The van der Waals surface area contributed by atoms with E-state index in [0.29, 0.717) is 19.3 Å². The molecule has 1 atom stereocenters. The lowest BCUT2D eigenvalue weighted by molar-refractivity contribution is -0.167. The van der Waals surface area contributed by atoms with Crippen molar-refractivity contribution in [3.8, 4) is 0 Å². The van der Waals surface area contributed by atoms with Crippen LogP contribution < -0.4 is 0 Å². The van der Waals surface area contributed by atoms with Gasteiger partial charge in [-0.3, -0.25) is 14.4 Å². The molecule has 392 valence electrons. The summed E-state index contributed by atoms with van der Waals surface area (Å²) in [6.07, 6.45) is 71.9. The molecule has 6 nitrogen and oxygen atoms in total. The van der Waals surface area contributed by atoms with Gasteiger partial charge in [0.05, 0.1) is 0 Å². The molecule has 0 bridgehead atoms. The van der Waals surface area contributed by atoms with Gasteiger partial charge in [-0.05, 0) is 83.5 Å². The van der Waals surface area contributed by atoms with Crippen LogP contribution in [0.2, 0.25) is 0 Å². The van der Waals surface area contributed by atoms with Crippen LogP contribution in [0.15, 0.2) is 72.9 Å². The van der Waals surface area contributed by atoms with Crippen molar-refractivity contribution in [2.75, 3.05) is 13.2 Å². The first-order chi connectivity index (χ1) is 33.5. The number of ether oxygens (including phenoxy) is 3. The van der Waals surface area contributed by atoms with Crippen molar-refractivity contribution in [2.24, 2.45) is 0 Å². The van der Waals surface area contributed by atoms with Crippen molar-refractivity contribution >= 4 is 17.9 Å². The highest BCUT2D eigenvalue weighted by Gasteiger charge is 2.19. The van der Waals surface area contributed by atoms with E-state index in [4.69, 9.17) is 14.2 Å². The molecular weight excluding hydrogens is 841 g/mol. The lowest BCUT2D eigenvalue weighted by Gasteiger charge is -2.18. The largest absolute Gasteiger partial charge is 0.462 e. The normalized spacial score (nSPS) is 12.6. The summed E-state index contributed by atoms with van der Waals surface area (Å²) in [7, 11) is 0. The summed E-state index contributed by atoms with van der Waals surface area (Å²) in [4.78, 5) is 38.0. The highest BCUT2D eigenvalue weighted by atomic mass is 16.6. The molecule has 0 heterocycles. The van der Waals surface area contributed by atoms with Crippen LogP contribution >= 0.6 is 0 Å². The average molecular weight is 950 g/mol. The Morgan fingerprint density at radius 2 is 0.603 bits per heavy atom. The van der Waals surface area contributed by atoms with Gasteiger partial charge in [0.1, 0.15) is 13.2 Å². The summed E-state index contributed by atoms with van der Waals surface area (Å²) >= 11 is 0. The van der Waals surface area contributed by atoms with Crippen LogP contribution in [0.1, 0.15) is 284 Å². The summed E-state index contributed by atoms with van der Waals surface area (Å²) in [5, 5.41) is 0. The van der Waals surface area contributed by atoms with Crippen LogP contribution in [-0.2, 0) is 28.6 Å². The third-order valence-corrected chi connectivity index (χ3v) is 12.4. The fourth-order valence-corrected chi connectivity index (χ4v) is 8.12. The summed E-state index contributed by atoms with van der Waals surface area (Å²) in [6.45, 7) is 6.47. The quantitative estimate of drug-likeness (QED) is 0.0262. The second-order valence-electron chi connectivity index (χ2n) is 19.2. The first-order valence-corrected chi connectivity index (χ1v) is 28.9. The number of unbranched alkanes of at least 4 members (excludes halogenated alkanes) is 29. The van der Waals surface area contributed by atoms with Crippen molar-refractivity contribution in [3.63, 3.8) is 0 Å². The van der Waals surface area contributed by atoms with Gasteiger partial charge in [0.15, 0.2) is 6.10 Å². The van der Waals surface area contributed by atoms with E-state index < -0.39 is 6.10 Å². The van der Waals surface area contributed by atoms with E-state index in [9.17, 15) is 14.4 Å². The SMILES string of the molecule is CC/C=C\C/C=C\C/C=C\C/C=C\C/C=C\CCCCCCCCCCCCCC(=O)OCC(COC(=O)CCCCCCC/C=C\CCC)OC(=O)CCCCCCCCCCCCCCC. The maximum absolute atomic E-state index is 12.8. The predicted octanol–water partition coefficient (Wildman–Crippen LogP) is 19.4. The number of rotatable bonds is 52. The van der Waals surface area contributed by atoms with E-state index in [-0.39, 0.29) is 31.1 Å². The topological polar surface area (TPSA) is 78.9 Å². The van der Waals surface area contributed by atoms with Crippen molar-refractivity contribution < 1.29 is 28.6 Å². The predicted molar refractivity (Wildman–Crippen MR) is 293 cm³/mol. The van der Waals surface area contributed by atoms with E-state index in [0.717, 1.165) is 103 Å². The standard InChI is InChI=1S/C62H108O6/c1-4-7-10-13-16-19-22-24-25-26-27-28-29-30-31-32-33-34-35-36-37-39-40-43-46-49-52-55-61(64)67-58-59(57-66-60(63)54-51-48-45-42-21-18-15-12-9-6-3)68-62(65)56-53-50-47-44-41-38-23-20-17-14-11-8-5-2/h7,10,12,15-16,19,24-25,27-28,30-31,59H,4-6,8-9,11,13-14,17-18,20-23,26,29,32-58H2,1-3H3/b10-7-,15-12-,19-16-,25-24-,28-27-,31-30-. The zero-order valence-corrected chi connectivity index (χ0v) is 44.9. The lowest BCUT2D eigenvalue weighted by Crippen LogP contribution is -2.30. The minimum atomic E-state index is -0.776. The zero-order valence-electron chi connectivity index (χ0n) is 44.9. The number of carbonyl (C=O) groups excluding carboxylic acids is 3. The Labute approximate surface area is 421 Å². The number of hydrogen-bond acceptors (Lipinski definition) is 6. The maximum atomic E-state index is 12.8. The van der Waals surface area contributed by atoms with Crippen LogP contribution in [0.3, 0.4) is 0 Å². The van der Waals surface area contributed by atoms with Crippen LogP contribution in [0, 0.1) is 0 Å². The third kappa shape index (κ3) is 53.8. The summed E-state index contributed by atoms with van der Waals surface area (Å²) in [6, 6.07) is 0. The number of allylic oxidation sites excluding steroid dienone is 12. The highest BCUT2D eigenvalue weighted by molar-refractivity contribution is 5.71. The molecule has 0 aromatic carbocycles. The monoisotopic (exact) mass is 949 g/mol. The molecule has 6 heteroatoms. The Kier molecular flexibility index (Phi) is 53.8. The molecule has 0 N–H and O–H groups in total. The number of carbonyl (C=O) groups is 3. The Balaban J connectivity index is 4.19. The second-order valence-corrected chi connectivity index (χ2v) is 19.2. The Hall–Kier alpha value is -3.15. The van der Waals surface area contributed by atoms with Gasteiger partial charge in [-0.1, -0.05) is 254 Å². The molecule has 0 aliphatic carbocycles. The van der Waals surface area contributed by atoms with E-state index in [2.05, 4.69) is 93.7 Å². The molecule has 0 saturated carbocycles. The van der Waals surface area contributed by atoms with Crippen LogP contribution in [-0.4, -0.2) is 37.2 Å². The van der Waals surface area contributed by atoms with Crippen molar-refractivity contribution in [1.82, 2.24) is 0 Å². The fourth-order valence-electron chi connectivity index (χ4n) is 8.12. The van der Waals surface area contributed by atoms with Gasteiger partial charge in [-0.25, -0.2) is 0 Å². The molecule has 0 spiro atoms. The van der Waals surface area contributed by atoms with E-state index in [1.54, 1.807) is 0 Å². The summed E-state index contributed by atoms with van der Waals surface area (Å²) in [5.74, 6) is -0.882. The summed E-state index contributed by atoms with van der Waals surface area (Å²) < 4.78 is 16.8. The molecule has 0 aromatic rings. The van der Waals surface area contributed by atoms with Gasteiger partial charge >= 0.3 is 17.9 Å². The zero-order chi connectivity index (χ0) is 49.3. The van der Waals surface area contributed by atoms with Crippen LogP contribution in [0.4, 0.5) is 0 Å². The Bertz CT molecular complexity index is 1270. The number of hydrogen-bond donors (Lipinski definition) is 0. The molecule has 0 radical (unpaired) electrons. The van der Waals surface area contributed by atoms with Gasteiger partial charge in [0.2, 0.25) is 0 Å². The minimum absolute atomic E-state index is 0.0768. The lowest BCUT2D eigenvalue weighted by atomic mass is 10.0. The third-order valence-electron chi connectivity index (χ3n) is 12.4. The van der Waals surface area contributed by atoms with E-state index in [1.165, 1.54) is 141 Å². The molecule has 68 heavy (non-hydrogen) atoms. The first kappa shape index (κ1) is 64.8. The molecule has 1 unspecified atom stereocenters. The van der Waals surface area contributed by atoms with E-state index in [1.807, 2.05) is 0 Å². The molecule has 0 aromatic heterocycles. The minimum Gasteiger partial charge on any atom is -0.462 e. The molecular formula is C62H108O6. The first-order valence-electron chi connectivity index (χ1n) is 28.9. The van der Waals surface area contributed by atoms with Gasteiger partial charge in [0.25, 0.3) is 0 Å². The number of esters is 3. The molecule has 0 aliphatic rings. The smallest absolute Gasteiger partial charge is 0.306 e.